The van der Waals surface area contributed by atoms with Gasteiger partial charge in [0, 0.05) is 29.5 Å². The molecule has 192 valence electrons. The number of H-pyrrole nitrogens is 1. The summed E-state index contributed by atoms with van der Waals surface area (Å²) >= 11 is 0. The molecule has 0 unspecified atom stereocenters. The predicted octanol–water partition coefficient (Wildman–Crippen LogP) is 6.78. The van der Waals surface area contributed by atoms with Crippen molar-refractivity contribution in [1.29, 1.82) is 0 Å². The second kappa shape index (κ2) is 11.4. The van der Waals surface area contributed by atoms with Crippen LogP contribution in [0.25, 0.3) is 11.3 Å². The van der Waals surface area contributed by atoms with Gasteiger partial charge in [0.2, 0.25) is 0 Å². The van der Waals surface area contributed by atoms with Crippen molar-refractivity contribution in [1.82, 2.24) is 9.88 Å². The lowest BCUT2D eigenvalue weighted by atomic mass is 10.0. The second-order valence-corrected chi connectivity index (χ2v) is 11.7. The van der Waals surface area contributed by atoms with Gasteiger partial charge in [-0.1, -0.05) is 73.5 Å². The third kappa shape index (κ3) is 5.97. The Morgan fingerprint density at radius 1 is 0.892 bits per heavy atom. The molecular weight excluding hydrogens is 480 g/mol. The largest absolute Gasteiger partial charge is 0.496 e. The molecular formula is C31H34N2O3S. The molecule has 1 fully saturated rings. The standard InChI is InChI=1S/C31H34N2O3S/c1-36-31-19-17-27(37(34,35)23-24-11-5-2-6-12-24)21-28(31)29-18-16-26(32-29)22-33-20-10-4-9-15-30(33)25-13-7-3-8-14-25/h2-3,5-8,11-14,16-19,21,30,32H,4,9-10,15,20,22-23H2,1H3/t30-/m1/s1. The Kier molecular flexibility index (Phi) is 7.77. The lowest BCUT2D eigenvalue weighted by Crippen LogP contribution is -2.28. The highest BCUT2D eigenvalue weighted by Crippen LogP contribution is 2.34. The summed E-state index contributed by atoms with van der Waals surface area (Å²) in [5, 5.41) is 0. The molecule has 6 heteroatoms. The van der Waals surface area contributed by atoms with E-state index in [1.54, 1.807) is 25.3 Å². The summed E-state index contributed by atoms with van der Waals surface area (Å²) in [7, 11) is -1.89. The molecule has 1 aromatic heterocycles. The van der Waals surface area contributed by atoms with E-state index in [9.17, 15) is 8.42 Å². The van der Waals surface area contributed by atoms with Crippen LogP contribution in [0.4, 0.5) is 0 Å². The zero-order valence-corrected chi connectivity index (χ0v) is 22.1. The van der Waals surface area contributed by atoms with Crippen LogP contribution in [0.1, 0.15) is 48.5 Å². The van der Waals surface area contributed by atoms with E-state index in [1.165, 1.54) is 24.8 Å². The first-order chi connectivity index (χ1) is 18.0. The number of aromatic nitrogens is 1. The van der Waals surface area contributed by atoms with Crippen molar-refractivity contribution < 1.29 is 13.2 Å². The lowest BCUT2D eigenvalue weighted by molar-refractivity contribution is 0.190. The first kappa shape index (κ1) is 25.3. The Balaban J connectivity index is 1.40. The number of benzene rings is 3. The molecule has 2 heterocycles. The van der Waals surface area contributed by atoms with Crippen LogP contribution < -0.4 is 4.74 Å². The molecule has 0 aliphatic carbocycles. The summed E-state index contributed by atoms with van der Waals surface area (Å²) < 4.78 is 32.0. The molecule has 0 saturated carbocycles. The number of hydrogen-bond donors (Lipinski definition) is 1. The van der Waals surface area contributed by atoms with E-state index in [0.29, 0.717) is 16.7 Å². The summed E-state index contributed by atoms with van der Waals surface area (Å²) in [5.74, 6) is 0.606. The Bertz CT molecular complexity index is 1420. The summed E-state index contributed by atoms with van der Waals surface area (Å²) in [6.45, 7) is 1.87. The van der Waals surface area contributed by atoms with Crippen molar-refractivity contribution in [2.75, 3.05) is 13.7 Å². The van der Waals surface area contributed by atoms with Gasteiger partial charge >= 0.3 is 0 Å². The Hall–Kier alpha value is -3.35. The Morgan fingerprint density at radius 2 is 1.65 bits per heavy atom. The average molecular weight is 515 g/mol. The van der Waals surface area contributed by atoms with Gasteiger partial charge in [-0.15, -0.1) is 0 Å². The number of likely N-dealkylation sites (tertiary alicyclic amines) is 1. The van der Waals surface area contributed by atoms with Gasteiger partial charge in [0.15, 0.2) is 9.84 Å². The van der Waals surface area contributed by atoms with Crippen LogP contribution in [-0.2, 0) is 22.1 Å². The Labute approximate surface area is 220 Å². The van der Waals surface area contributed by atoms with Crippen LogP contribution in [0, 0.1) is 0 Å². The number of nitrogens with zero attached hydrogens (tertiary/aromatic N) is 1. The van der Waals surface area contributed by atoms with Crippen molar-refractivity contribution in [3.63, 3.8) is 0 Å². The van der Waals surface area contributed by atoms with Crippen LogP contribution in [-0.4, -0.2) is 32.0 Å². The van der Waals surface area contributed by atoms with E-state index in [0.717, 1.165) is 42.0 Å². The fourth-order valence-electron chi connectivity index (χ4n) is 5.29. The molecule has 1 aliphatic heterocycles. The molecule has 1 saturated heterocycles. The first-order valence-electron chi connectivity index (χ1n) is 13.0. The van der Waals surface area contributed by atoms with Crippen LogP contribution in [0.15, 0.2) is 95.9 Å². The van der Waals surface area contributed by atoms with E-state index in [2.05, 4.69) is 46.3 Å². The minimum absolute atomic E-state index is 0.0363. The van der Waals surface area contributed by atoms with E-state index in [4.69, 9.17) is 4.74 Å². The lowest BCUT2D eigenvalue weighted by Gasteiger charge is -2.30. The maximum absolute atomic E-state index is 13.2. The molecule has 5 nitrogen and oxygen atoms in total. The summed E-state index contributed by atoms with van der Waals surface area (Å²) in [6.07, 6.45) is 4.86. The van der Waals surface area contributed by atoms with Gasteiger partial charge in [0.25, 0.3) is 0 Å². The minimum Gasteiger partial charge on any atom is -0.496 e. The fourth-order valence-corrected chi connectivity index (χ4v) is 6.66. The smallest absolute Gasteiger partial charge is 0.182 e. The van der Waals surface area contributed by atoms with E-state index >= 15 is 0 Å². The maximum Gasteiger partial charge on any atom is 0.182 e. The molecule has 37 heavy (non-hydrogen) atoms. The average Bonchev–Trinajstić information content (AvgIpc) is 3.26. The molecule has 0 bridgehead atoms. The predicted molar refractivity (Wildman–Crippen MR) is 148 cm³/mol. The number of aromatic amines is 1. The SMILES string of the molecule is COc1ccc(S(=O)(=O)Cc2ccccc2)cc1-c1ccc(CN2CCCCC[C@@H]2c2ccccc2)[nH]1. The van der Waals surface area contributed by atoms with Gasteiger partial charge in [-0.2, -0.15) is 0 Å². The normalized spacial score (nSPS) is 16.8. The van der Waals surface area contributed by atoms with Crippen molar-refractivity contribution >= 4 is 9.84 Å². The molecule has 1 atom stereocenters. The first-order valence-corrected chi connectivity index (χ1v) is 14.6. The fraction of sp³-hybridized carbons (Fsp3) is 0.290. The maximum atomic E-state index is 13.2. The second-order valence-electron chi connectivity index (χ2n) is 9.75. The van der Waals surface area contributed by atoms with Crippen molar-refractivity contribution in [2.45, 2.75) is 48.9 Å². The van der Waals surface area contributed by atoms with Crippen molar-refractivity contribution in [3.8, 4) is 17.0 Å². The van der Waals surface area contributed by atoms with Crippen LogP contribution in [0.3, 0.4) is 0 Å². The molecule has 1 N–H and O–H groups in total. The minimum atomic E-state index is -3.50. The molecule has 3 aromatic carbocycles. The molecule has 0 spiro atoms. The van der Waals surface area contributed by atoms with E-state index in [-0.39, 0.29) is 5.75 Å². The number of rotatable bonds is 8. The monoisotopic (exact) mass is 514 g/mol. The van der Waals surface area contributed by atoms with E-state index < -0.39 is 9.84 Å². The summed E-state index contributed by atoms with van der Waals surface area (Å²) in [4.78, 5) is 6.41. The Morgan fingerprint density at radius 3 is 2.41 bits per heavy atom. The van der Waals surface area contributed by atoms with Crippen LogP contribution in [0.5, 0.6) is 5.75 Å². The third-order valence-electron chi connectivity index (χ3n) is 7.19. The summed E-state index contributed by atoms with van der Waals surface area (Å²) in [5.41, 5.74) is 4.85. The zero-order valence-electron chi connectivity index (χ0n) is 21.3. The molecule has 1 aliphatic rings. The highest BCUT2D eigenvalue weighted by atomic mass is 32.2. The van der Waals surface area contributed by atoms with Crippen molar-refractivity contribution in [2.24, 2.45) is 0 Å². The van der Waals surface area contributed by atoms with E-state index in [1.807, 2.05) is 36.4 Å². The molecule has 0 radical (unpaired) electrons. The quantitative estimate of drug-likeness (QED) is 0.281. The van der Waals surface area contributed by atoms with Gasteiger partial charge < -0.3 is 9.72 Å². The van der Waals surface area contributed by atoms with Gasteiger partial charge in [0.1, 0.15) is 5.75 Å². The van der Waals surface area contributed by atoms with Crippen molar-refractivity contribution in [3.05, 3.63) is 108 Å². The highest BCUT2D eigenvalue weighted by molar-refractivity contribution is 7.90. The number of ether oxygens (including phenoxy) is 1. The van der Waals surface area contributed by atoms with Gasteiger partial charge in [-0.05, 0) is 60.8 Å². The molecule has 4 aromatic rings. The molecule has 0 amide bonds. The van der Waals surface area contributed by atoms with Gasteiger partial charge in [-0.3, -0.25) is 4.90 Å². The van der Waals surface area contributed by atoms with Crippen LogP contribution in [0.2, 0.25) is 0 Å². The third-order valence-corrected chi connectivity index (χ3v) is 8.87. The topological polar surface area (TPSA) is 62.4 Å². The van der Waals surface area contributed by atoms with Gasteiger partial charge in [0.05, 0.1) is 17.8 Å². The zero-order chi connectivity index (χ0) is 25.7. The highest BCUT2D eigenvalue weighted by Gasteiger charge is 2.24. The van der Waals surface area contributed by atoms with Gasteiger partial charge in [-0.25, -0.2) is 8.42 Å². The van der Waals surface area contributed by atoms with Crippen LogP contribution >= 0.6 is 0 Å². The number of nitrogens with one attached hydrogen (secondary N) is 1. The number of hydrogen-bond acceptors (Lipinski definition) is 4. The molecule has 5 rings (SSSR count). The summed E-state index contributed by atoms with van der Waals surface area (Å²) in [6, 6.07) is 29.7. The number of methoxy groups -OCH3 is 1. The number of sulfone groups is 1.